The zero-order chi connectivity index (χ0) is 14.6. The van der Waals surface area contributed by atoms with E-state index >= 15 is 0 Å². The quantitative estimate of drug-likeness (QED) is 0.432. The van der Waals surface area contributed by atoms with Gasteiger partial charge in [-0.05, 0) is 18.4 Å². The van der Waals surface area contributed by atoms with E-state index in [2.05, 4.69) is 17.6 Å². The Hall–Kier alpha value is -2.28. The second kappa shape index (κ2) is 9.62. The van der Waals surface area contributed by atoms with Crippen molar-refractivity contribution in [1.29, 1.82) is 5.26 Å². The molecule has 1 aromatic rings. The summed E-state index contributed by atoms with van der Waals surface area (Å²) < 4.78 is 0. The molecule has 0 aliphatic heterocycles. The minimum Gasteiger partial charge on any atom is -0.390 e. The molecule has 2 N–H and O–H groups in total. The van der Waals surface area contributed by atoms with E-state index < -0.39 is 0 Å². The van der Waals surface area contributed by atoms with Crippen LogP contribution in [0.2, 0.25) is 0 Å². The fourth-order valence-corrected chi connectivity index (χ4v) is 1.66. The van der Waals surface area contributed by atoms with Crippen molar-refractivity contribution in [2.75, 3.05) is 13.1 Å². The molecule has 1 amide bonds. The third-order valence-electron chi connectivity index (χ3n) is 2.83. The molecule has 0 saturated carbocycles. The van der Waals surface area contributed by atoms with Crippen LogP contribution in [0.15, 0.2) is 42.1 Å². The van der Waals surface area contributed by atoms with E-state index in [1.807, 2.05) is 36.4 Å². The average Bonchev–Trinajstić information content (AvgIpc) is 2.48. The molecule has 0 bridgehead atoms. The number of rotatable bonds is 8. The van der Waals surface area contributed by atoms with E-state index in [0.717, 1.165) is 31.4 Å². The van der Waals surface area contributed by atoms with Gasteiger partial charge in [0.15, 0.2) is 0 Å². The lowest BCUT2D eigenvalue weighted by Gasteiger charge is -2.05. The van der Waals surface area contributed by atoms with Crippen molar-refractivity contribution in [2.24, 2.45) is 0 Å². The zero-order valence-corrected chi connectivity index (χ0v) is 11.9. The van der Waals surface area contributed by atoms with Gasteiger partial charge < -0.3 is 10.6 Å². The van der Waals surface area contributed by atoms with Gasteiger partial charge in [0, 0.05) is 19.3 Å². The molecule has 0 heterocycles. The first-order valence-corrected chi connectivity index (χ1v) is 6.93. The van der Waals surface area contributed by atoms with Crippen LogP contribution in [-0.4, -0.2) is 19.0 Å². The Morgan fingerprint density at radius 1 is 1.30 bits per heavy atom. The molecule has 0 aliphatic rings. The number of hydrogen-bond donors (Lipinski definition) is 2. The monoisotopic (exact) mass is 271 g/mol. The van der Waals surface area contributed by atoms with E-state index in [1.54, 1.807) is 0 Å². The first kappa shape index (κ1) is 15.8. The lowest BCUT2D eigenvalue weighted by Crippen LogP contribution is -2.27. The molecule has 0 saturated heterocycles. The van der Waals surface area contributed by atoms with Crippen LogP contribution in [-0.2, 0) is 11.2 Å². The zero-order valence-electron chi connectivity index (χ0n) is 11.9. The molecule has 0 aliphatic carbocycles. The van der Waals surface area contributed by atoms with Crippen LogP contribution in [0.5, 0.6) is 0 Å². The van der Waals surface area contributed by atoms with Crippen molar-refractivity contribution in [2.45, 2.75) is 26.2 Å². The smallest absolute Gasteiger partial charge is 0.263 e. The van der Waals surface area contributed by atoms with Crippen LogP contribution in [0, 0.1) is 11.3 Å². The first-order chi connectivity index (χ1) is 9.77. The maximum absolute atomic E-state index is 11.8. The van der Waals surface area contributed by atoms with E-state index in [0.29, 0.717) is 6.54 Å². The van der Waals surface area contributed by atoms with Gasteiger partial charge in [0.05, 0.1) is 0 Å². The molecular formula is C16H21N3O. The molecule has 4 nitrogen and oxygen atoms in total. The second-order valence-corrected chi connectivity index (χ2v) is 4.47. The van der Waals surface area contributed by atoms with Crippen LogP contribution in [0.25, 0.3) is 0 Å². The van der Waals surface area contributed by atoms with E-state index in [-0.39, 0.29) is 11.5 Å². The largest absolute Gasteiger partial charge is 0.390 e. The normalized spacial score (nSPS) is 10.7. The van der Waals surface area contributed by atoms with Gasteiger partial charge in [0.25, 0.3) is 5.91 Å². The molecule has 0 aromatic heterocycles. The fourth-order valence-electron chi connectivity index (χ4n) is 1.66. The summed E-state index contributed by atoms with van der Waals surface area (Å²) in [6.07, 6.45) is 4.35. The van der Waals surface area contributed by atoms with Crippen LogP contribution in [0.4, 0.5) is 0 Å². The Labute approximate surface area is 120 Å². The SMILES string of the molecule is CCCCN/C=C(/C#N)C(=O)NCCc1ccccc1. The summed E-state index contributed by atoms with van der Waals surface area (Å²) in [6, 6.07) is 11.8. The maximum atomic E-state index is 11.8. The Bertz CT molecular complexity index is 474. The van der Waals surface area contributed by atoms with Crippen molar-refractivity contribution >= 4 is 5.91 Å². The average molecular weight is 271 g/mol. The van der Waals surface area contributed by atoms with Gasteiger partial charge in [-0.2, -0.15) is 5.26 Å². The third kappa shape index (κ3) is 6.05. The summed E-state index contributed by atoms with van der Waals surface area (Å²) in [7, 11) is 0. The summed E-state index contributed by atoms with van der Waals surface area (Å²) >= 11 is 0. The highest BCUT2D eigenvalue weighted by Gasteiger charge is 2.07. The van der Waals surface area contributed by atoms with Gasteiger partial charge in [-0.3, -0.25) is 4.79 Å². The van der Waals surface area contributed by atoms with Crippen molar-refractivity contribution in [3.8, 4) is 6.07 Å². The summed E-state index contributed by atoms with van der Waals surface area (Å²) in [4.78, 5) is 11.8. The van der Waals surface area contributed by atoms with Gasteiger partial charge in [0.2, 0.25) is 0 Å². The van der Waals surface area contributed by atoms with Gasteiger partial charge in [-0.1, -0.05) is 43.7 Å². The number of carbonyl (C=O) groups excluding carboxylic acids is 1. The number of nitriles is 1. The molecule has 106 valence electrons. The third-order valence-corrected chi connectivity index (χ3v) is 2.83. The molecule has 1 rings (SSSR count). The number of nitrogens with zero attached hydrogens (tertiary/aromatic N) is 1. The fraction of sp³-hybridized carbons (Fsp3) is 0.375. The summed E-state index contributed by atoms with van der Waals surface area (Å²) in [5.74, 6) is -0.326. The van der Waals surface area contributed by atoms with E-state index in [9.17, 15) is 4.79 Å². The van der Waals surface area contributed by atoms with Crippen molar-refractivity contribution in [3.63, 3.8) is 0 Å². The number of carbonyl (C=O) groups is 1. The molecule has 20 heavy (non-hydrogen) atoms. The maximum Gasteiger partial charge on any atom is 0.263 e. The lowest BCUT2D eigenvalue weighted by atomic mass is 10.1. The Balaban J connectivity index is 2.34. The Morgan fingerprint density at radius 3 is 2.70 bits per heavy atom. The molecule has 0 radical (unpaired) electrons. The minimum atomic E-state index is -0.326. The van der Waals surface area contributed by atoms with Gasteiger partial charge in [-0.15, -0.1) is 0 Å². The molecular weight excluding hydrogens is 250 g/mol. The molecule has 0 fully saturated rings. The summed E-state index contributed by atoms with van der Waals surface area (Å²) in [6.45, 7) is 3.39. The van der Waals surface area contributed by atoms with E-state index in [1.165, 1.54) is 6.20 Å². The number of hydrogen-bond acceptors (Lipinski definition) is 3. The van der Waals surface area contributed by atoms with Gasteiger partial charge >= 0.3 is 0 Å². The minimum absolute atomic E-state index is 0.120. The summed E-state index contributed by atoms with van der Waals surface area (Å²) in [5, 5.41) is 14.7. The van der Waals surface area contributed by atoms with Crippen LogP contribution < -0.4 is 10.6 Å². The standard InChI is InChI=1S/C16H21N3O/c1-2-3-10-18-13-15(12-17)16(20)19-11-9-14-7-5-4-6-8-14/h4-8,13,18H,2-3,9-11H2,1H3,(H,19,20)/b15-13-. The lowest BCUT2D eigenvalue weighted by molar-refractivity contribution is -0.117. The molecule has 0 spiro atoms. The predicted octanol–water partition coefficient (Wildman–Crippen LogP) is 2.14. The number of benzene rings is 1. The van der Waals surface area contributed by atoms with E-state index in [4.69, 9.17) is 5.26 Å². The topological polar surface area (TPSA) is 64.9 Å². The van der Waals surface area contributed by atoms with Crippen LogP contribution in [0.3, 0.4) is 0 Å². The Kier molecular flexibility index (Phi) is 7.59. The van der Waals surface area contributed by atoms with Crippen molar-refractivity contribution < 1.29 is 4.79 Å². The molecule has 1 aromatic carbocycles. The van der Waals surface area contributed by atoms with Gasteiger partial charge in [0.1, 0.15) is 11.6 Å². The molecule has 0 unspecified atom stereocenters. The second-order valence-electron chi connectivity index (χ2n) is 4.47. The number of amides is 1. The van der Waals surface area contributed by atoms with Crippen LogP contribution in [0.1, 0.15) is 25.3 Å². The van der Waals surface area contributed by atoms with Crippen molar-refractivity contribution in [1.82, 2.24) is 10.6 Å². The highest BCUT2D eigenvalue weighted by atomic mass is 16.1. The van der Waals surface area contributed by atoms with Gasteiger partial charge in [-0.25, -0.2) is 0 Å². The highest BCUT2D eigenvalue weighted by Crippen LogP contribution is 1.99. The number of unbranched alkanes of at least 4 members (excludes halogenated alkanes) is 1. The van der Waals surface area contributed by atoms with Crippen LogP contribution >= 0.6 is 0 Å². The first-order valence-electron chi connectivity index (χ1n) is 6.93. The highest BCUT2D eigenvalue weighted by molar-refractivity contribution is 5.97. The Morgan fingerprint density at radius 2 is 2.05 bits per heavy atom. The van der Waals surface area contributed by atoms with Crippen molar-refractivity contribution in [3.05, 3.63) is 47.7 Å². The molecule has 0 atom stereocenters. The predicted molar refractivity (Wildman–Crippen MR) is 79.8 cm³/mol. The number of nitrogens with one attached hydrogen (secondary N) is 2. The summed E-state index contributed by atoms with van der Waals surface area (Å²) in [5.41, 5.74) is 1.28. The molecule has 4 heteroatoms.